The average Bonchev–Trinajstić information content (AvgIpc) is 2.98. The van der Waals surface area contributed by atoms with Crippen molar-refractivity contribution in [2.75, 3.05) is 5.75 Å². The third-order valence-electron chi connectivity index (χ3n) is 5.57. The highest BCUT2D eigenvalue weighted by atomic mass is 79.9. The lowest BCUT2D eigenvalue weighted by Crippen LogP contribution is -2.55. The lowest BCUT2D eigenvalue weighted by atomic mass is 9.67. The molecule has 27 heavy (non-hydrogen) atoms. The number of fused-ring (bicyclic) bond motifs is 4. The van der Waals surface area contributed by atoms with Crippen molar-refractivity contribution in [1.82, 2.24) is 5.32 Å². The number of nitrogens with zero attached hydrogens (tertiary/aromatic N) is 1. The maximum atomic E-state index is 13.3. The number of amidine groups is 1. The third-order valence-corrected chi connectivity index (χ3v) is 7.04. The van der Waals surface area contributed by atoms with E-state index in [1.807, 2.05) is 18.2 Å². The van der Waals surface area contributed by atoms with Crippen LogP contribution in [0.25, 0.3) is 0 Å². The highest BCUT2D eigenvalue weighted by Gasteiger charge is 2.55. The molecular formula is C18H20BrF2N3O2S. The van der Waals surface area contributed by atoms with Crippen LogP contribution < -0.4 is 15.8 Å². The number of carbonyl (C=O) groups is 1. The molecule has 1 amide bonds. The third kappa shape index (κ3) is 3.33. The topological polar surface area (TPSA) is 76.7 Å². The normalized spacial score (nSPS) is 32.3. The lowest BCUT2D eigenvalue weighted by molar-refractivity contribution is -0.144. The highest BCUT2D eigenvalue weighted by Crippen LogP contribution is 2.54. The van der Waals surface area contributed by atoms with Crippen LogP contribution in [0.5, 0.6) is 5.75 Å². The zero-order valence-corrected chi connectivity index (χ0v) is 17.1. The standard InChI is InChI=1S/C18H20BrF2N3O2S/c1-17(20,21)15(25)23-10-3-5-14-12(7-10)18(8-27-16(22)24-18)11-6-9(19)2-4-13(11)26-14/h2,4,6,10,12,14H,3,5,7-8H2,1H3,(H2,22,24)(H,23,25)/t10?,12-,14?,18?/m0/s1. The number of ether oxygens (including phenoxy) is 1. The summed E-state index contributed by atoms with van der Waals surface area (Å²) < 4.78 is 33.8. The number of benzene rings is 1. The fourth-order valence-corrected chi connectivity index (χ4v) is 5.70. The van der Waals surface area contributed by atoms with Crippen molar-refractivity contribution in [2.24, 2.45) is 16.6 Å². The Balaban J connectivity index is 1.68. The number of amides is 1. The van der Waals surface area contributed by atoms with Crippen molar-refractivity contribution in [2.45, 2.75) is 49.8 Å². The van der Waals surface area contributed by atoms with E-state index in [1.54, 1.807) is 0 Å². The molecule has 5 nitrogen and oxygen atoms in total. The van der Waals surface area contributed by atoms with Crippen molar-refractivity contribution in [3.63, 3.8) is 0 Å². The molecule has 1 aromatic rings. The molecule has 4 rings (SSSR count). The first-order chi connectivity index (χ1) is 12.7. The van der Waals surface area contributed by atoms with Crippen LogP contribution in [0.3, 0.4) is 0 Å². The molecule has 3 aliphatic rings. The van der Waals surface area contributed by atoms with Crippen LogP contribution in [0.4, 0.5) is 8.78 Å². The molecule has 9 heteroatoms. The summed E-state index contributed by atoms with van der Waals surface area (Å²) in [6.45, 7) is 0.617. The molecule has 3 N–H and O–H groups in total. The van der Waals surface area contributed by atoms with Crippen molar-refractivity contribution < 1.29 is 18.3 Å². The van der Waals surface area contributed by atoms with E-state index in [0.29, 0.717) is 37.1 Å². The van der Waals surface area contributed by atoms with Gasteiger partial charge in [0.05, 0.1) is 0 Å². The Labute approximate surface area is 168 Å². The number of carbonyl (C=O) groups excluding carboxylic acids is 1. The predicted molar refractivity (Wildman–Crippen MR) is 104 cm³/mol. The highest BCUT2D eigenvalue weighted by molar-refractivity contribution is 9.10. The first-order valence-corrected chi connectivity index (χ1v) is 10.6. The van der Waals surface area contributed by atoms with Crippen LogP contribution in [0, 0.1) is 5.92 Å². The van der Waals surface area contributed by atoms with E-state index in [1.165, 1.54) is 11.8 Å². The zero-order valence-electron chi connectivity index (χ0n) is 14.7. The summed E-state index contributed by atoms with van der Waals surface area (Å²) in [5, 5.41) is 3.03. The molecule has 4 atom stereocenters. The quantitative estimate of drug-likeness (QED) is 0.710. The number of thioether (sulfide) groups is 1. The van der Waals surface area contributed by atoms with Gasteiger partial charge < -0.3 is 15.8 Å². The average molecular weight is 460 g/mol. The first-order valence-electron chi connectivity index (χ1n) is 8.82. The second-order valence-electron chi connectivity index (χ2n) is 7.44. The summed E-state index contributed by atoms with van der Waals surface area (Å²) in [4.78, 5) is 16.6. The van der Waals surface area contributed by atoms with Crippen molar-refractivity contribution in [3.8, 4) is 5.75 Å². The molecule has 1 saturated carbocycles. The van der Waals surface area contributed by atoms with Gasteiger partial charge in [0.15, 0.2) is 5.17 Å². The molecule has 0 bridgehead atoms. The van der Waals surface area contributed by atoms with Gasteiger partial charge in [-0.1, -0.05) is 27.7 Å². The Hall–Kier alpha value is -1.35. The van der Waals surface area contributed by atoms with Crippen LogP contribution in [0.2, 0.25) is 0 Å². The molecule has 2 aliphatic heterocycles. The van der Waals surface area contributed by atoms with Gasteiger partial charge in [0, 0.05) is 34.7 Å². The van der Waals surface area contributed by atoms with E-state index in [-0.39, 0.29) is 18.1 Å². The summed E-state index contributed by atoms with van der Waals surface area (Å²) in [6.07, 6.45) is 1.71. The fraction of sp³-hybridized carbons (Fsp3) is 0.556. The molecule has 0 radical (unpaired) electrons. The smallest absolute Gasteiger partial charge is 0.321 e. The molecule has 0 aromatic heterocycles. The van der Waals surface area contributed by atoms with E-state index in [4.69, 9.17) is 15.5 Å². The van der Waals surface area contributed by atoms with E-state index < -0.39 is 17.4 Å². The molecular weight excluding hydrogens is 440 g/mol. The molecule has 146 valence electrons. The minimum Gasteiger partial charge on any atom is -0.490 e. The van der Waals surface area contributed by atoms with E-state index in [2.05, 4.69) is 21.2 Å². The van der Waals surface area contributed by atoms with Crippen LogP contribution >= 0.6 is 27.7 Å². The predicted octanol–water partition coefficient (Wildman–Crippen LogP) is 3.41. The lowest BCUT2D eigenvalue weighted by Gasteiger charge is -2.48. The molecule has 1 aromatic carbocycles. The van der Waals surface area contributed by atoms with Gasteiger partial charge in [-0.25, -0.2) is 4.99 Å². The van der Waals surface area contributed by atoms with Gasteiger partial charge in [-0.15, -0.1) is 0 Å². The number of hydrogen-bond donors (Lipinski definition) is 2. The Morgan fingerprint density at radius 3 is 2.93 bits per heavy atom. The maximum absolute atomic E-state index is 13.3. The number of rotatable bonds is 2. The summed E-state index contributed by atoms with van der Waals surface area (Å²) in [5.41, 5.74) is 6.42. The zero-order chi connectivity index (χ0) is 19.4. The largest absolute Gasteiger partial charge is 0.490 e. The molecule has 1 fully saturated rings. The van der Waals surface area contributed by atoms with Gasteiger partial charge in [0.1, 0.15) is 17.4 Å². The molecule has 0 saturated heterocycles. The van der Waals surface area contributed by atoms with Gasteiger partial charge in [-0.3, -0.25) is 4.79 Å². The van der Waals surface area contributed by atoms with Gasteiger partial charge in [-0.05, 0) is 37.5 Å². The summed E-state index contributed by atoms with van der Waals surface area (Å²) in [7, 11) is 0. The number of halogens is 3. The maximum Gasteiger partial charge on any atom is 0.321 e. The Morgan fingerprint density at radius 1 is 1.48 bits per heavy atom. The van der Waals surface area contributed by atoms with Crippen molar-refractivity contribution in [3.05, 3.63) is 28.2 Å². The van der Waals surface area contributed by atoms with Crippen molar-refractivity contribution >= 4 is 38.8 Å². The molecule has 3 unspecified atom stereocenters. The van der Waals surface area contributed by atoms with Gasteiger partial charge >= 0.3 is 5.92 Å². The van der Waals surface area contributed by atoms with E-state index >= 15 is 0 Å². The monoisotopic (exact) mass is 459 g/mol. The number of alkyl halides is 2. The Kier molecular flexibility index (Phi) is 4.65. The first kappa shape index (κ1) is 19.0. The van der Waals surface area contributed by atoms with Crippen molar-refractivity contribution in [1.29, 1.82) is 0 Å². The molecule has 1 aliphatic carbocycles. The van der Waals surface area contributed by atoms with Crippen LogP contribution in [0.15, 0.2) is 27.7 Å². The number of aliphatic imine (C=N–C) groups is 1. The fourth-order valence-electron chi connectivity index (χ4n) is 4.31. The van der Waals surface area contributed by atoms with Crippen LogP contribution in [-0.4, -0.2) is 34.9 Å². The summed E-state index contributed by atoms with van der Waals surface area (Å²) in [5.74, 6) is -3.19. The minimum atomic E-state index is -3.39. The van der Waals surface area contributed by atoms with E-state index in [0.717, 1.165) is 15.8 Å². The number of nitrogens with two attached hydrogens (primary N) is 1. The Morgan fingerprint density at radius 2 is 2.26 bits per heavy atom. The molecule has 1 spiro atoms. The van der Waals surface area contributed by atoms with Gasteiger partial charge in [-0.2, -0.15) is 8.78 Å². The Bertz CT molecular complexity index is 816. The summed E-state index contributed by atoms with van der Waals surface area (Å²) in [6, 6.07) is 5.52. The van der Waals surface area contributed by atoms with E-state index in [9.17, 15) is 13.6 Å². The number of nitrogens with one attached hydrogen (secondary N) is 1. The summed E-state index contributed by atoms with van der Waals surface area (Å²) >= 11 is 5.00. The second kappa shape index (κ2) is 6.62. The second-order valence-corrected chi connectivity index (χ2v) is 9.35. The SMILES string of the molecule is CC(F)(F)C(=O)NC1CCC2Oc3ccc(Br)cc3C3(CSC(N)=N3)[C@H]2C1. The number of hydrogen-bond acceptors (Lipinski definition) is 5. The van der Waals surface area contributed by atoms with Crippen LogP contribution in [0.1, 0.15) is 31.7 Å². The molecule has 2 heterocycles. The van der Waals surface area contributed by atoms with Crippen LogP contribution in [-0.2, 0) is 10.3 Å². The van der Waals surface area contributed by atoms with Gasteiger partial charge in [0.25, 0.3) is 5.91 Å². The minimum absolute atomic E-state index is 0.0441. The van der Waals surface area contributed by atoms with Gasteiger partial charge in [0.2, 0.25) is 0 Å².